The van der Waals surface area contributed by atoms with Crippen molar-refractivity contribution in [2.24, 2.45) is 0 Å². The van der Waals surface area contributed by atoms with Gasteiger partial charge in [-0.05, 0) is 18.6 Å². The van der Waals surface area contributed by atoms with Crippen molar-refractivity contribution < 1.29 is 9.53 Å². The first kappa shape index (κ1) is 16.2. The molecule has 4 nitrogen and oxygen atoms in total. The summed E-state index contributed by atoms with van der Waals surface area (Å²) in [6.07, 6.45) is 0.873. The Morgan fingerprint density at radius 3 is 2.42 bits per heavy atom. The fourth-order valence-corrected chi connectivity index (χ4v) is 3.23. The molecule has 0 atom stereocenters. The summed E-state index contributed by atoms with van der Waals surface area (Å²) in [6, 6.07) is 19.3. The highest BCUT2D eigenvalue weighted by molar-refractivity contribution is 7.16. The van der Waals surface area contributed by atoms with Crippen molar-refractivity contribution in [3.05, 3.63) is 65.5 Å². The summed E-state index contributed by atoms with van der Waals surface area (Å²) in [5.74, 6) is 0.459. The van der Waals surface area contributed by atoms with E-state index in [-0.39, 0.29) is 12.5 Å². The molecule has 0 aliphatic rings. The predicted molar refractivity (Wildman–Crippen MR) is 97.5 cm³/mol. The van der Waals surface area contributed by atoms with Crippen LogP contribution in [0.4, 0.5) is 5.13 Å². The molecule has 0 unspecified atom stereocenters. The number of amides is 1. The molecule has 0 radical (unpaired) electrons. The van der Waals surface area contributed by atoms with Crippen LogP contribution in [0, 0.1) is 0 Å². The van der Waals surface area contributed by atoms with Gasteiger partial charge in [0.05, 0.1) is 5.69 Å². The van der Waals surface area contributed by atoms with Crippen LogP contribution in [0.2, 0.25) is 0 Å². The molecule has 24 heavy (non-hydrogen) atoms. The Hall–Kier alpha value is -2.66. The number of rotatable bonds is 6. The minimum atomic E-state index is -0.213. The quantitative estimate of drug-likeness (QED) is 0.725. The van der Waals surface area contributed by atoms with E-state index in [0.717, 1.165) is 22.6 Å². The minimum absolute atomic E-state index is 0.0360. The van der Waals surface area contributed by atoms with Crippen molar-refractivity contribution in [1.29, 1.82) is 0 Å². The molecule has 3 rings (SSSR count). The molecule has 5 heteroatoms. The zero-order valence-corrected chi connectivity index (χ0v) is 14.2. The van der Waals surface area contributed by atoms with E-state index in [2.05, 4.69) is 17.2 Å². The Bertz CT molecular complexity index is 801. The lowest BCUT2D eigenvalue weighted by Crippen LogP contribution is -2.20. The van der Waals surface area contributed by atoms with Crippen LogP contribution in [-0.2, 0) is 11.2 Å². The first-order chi connectivity index (χ1) is 11.8. The van der Waals surface area contributed by atoms with Crippen molar-refractivity contribution >= 4 is 22.4 Å². The highest BCUT2D eigenvalue weighted by Crippen LogP contribution is 2.31. The molecule has 0 saturated carbocycles. The van der Waals surface area contributed by atoms with Crippen LogP contribution in [0.15, 0.2) is 60.7 Å². The van der Waals surface area contributed by atoms with E-state index in [1.807, 2.05) is 60.7 Å². The Balaban J connectivity index is 1.67. The highest BCUT2D eigenvalue weighted by Gasteiger charge is 2.13. The molecule has 0 fully saturated rings. The van der Waals surface area contributed by atoms with Gasteiger partial charge in [0.25, 0.3) is 5.91 Å². The van der Waals surface area contributed by atoms with Crippen LogP contribution < -0.4 is 10.1 Å². The summed E-state index contributed by atoms with van der Waals surface area (Å²) >= 11 is 1.51. The van der Waals surface area contributed by atoms with Gasteiger partial charge >= 0.3 is 0 Å². The van der Waals surface area contributed by atoms with Gasteiger partial charge in [-0.1, -0.05) is 55.5 Å². The molecule has 0 saturated heterocycles. The van der Waals surface area contributed by atoms with E-state index in [1.165, 1.54) is 11.3 Å². The number of anilines is 1. The van der Waals surface area contributed by atoms with Gasteiger partial charge in [-0.25, -0.2) is 4.98 Å². The number of carbonyl (C=O) groups is 1. The van der Waals surface area contributed by atoms with Crippen molar-refractivity contribution in [3.8, 4) is 17.0 Å². The summed E-state index contributed by atoms with van der Waals surface area (Å²) in [6.45, 7) is 2.05. The standard InChI is InChI=1S/C19H18N2O2S/c1-2-16-18(14-9-5-3-6-10-14)21-19(24-16)20-17(22)13-23-15-11-7-4-8-12-15/h3-12H,2,13H2,1H3,(H,20,21,22). The zero-order valence-electron chi connectivity index (χ0n) is 13.4. The molecule has 122 valence electrons. The summed E-state index contributed by atoms with van der Waals surface area (Å²) in [5.41, 5.74) is 1.99. The average Bonchev–Trinajstić information content (AvgIpc) is 3.04. The molecule has 1 amide bonds. The molecule has 0 bridgehead atoms. The number of para-hydroxylation sites is 1. The second-order valence-electron chi connectivity index (χ2n) is 5.16. The van der Waals surface area contributed by atoms with Gasteiger partial charge in [0.15, 0.2) is 11.7 Å². The average molecular weight is 338 g/mol. The first-order valence-electron chi connectivity index (χ1n) is 7.79. The minimum Gasteiger partial charge on any atom is -0.484 e. The number of nitrogens with one attached hydrogen (secondary N) is 1. The number of aromatic nitrogens is 1. The Labute approximate surface area is 145 Å². The number of nitrogens with zero attached hydrogens (tertiary/aromatic N) is 1. The summed E-state index contributed by atoms with van der Waals surface area (Å²) in [7, 11) is 0. The highest BCUT2D eigenvalue weighted by atomic mass is 32.1. The lowest BCUT2D eigenvalue weighted by molar-refractivity contribution is -0.118. The number of carbonyl (C=O) groups excluding carboxylic acids is 1. The van der Waals surface area contributed by atoms with Crippen LogP contribution in [-0.4, -0.2) is 17.5 Å². The van der Waals surface area contributed by atoms with Gasteiger partial charge in [0.2, 0.25) is 0 Å². The van der Waals surface area contributed by atoms with Gasteiger partial charge < -0.3 is 4.74 Å². The van der Waals surface area contributed by atoms with Crippen LogP contribution in [0.3, 0.4) is 0 Å². The van der Waals surface area contributed by atoms with Gasteiger partial charge in [-0.15, -0.1) is 11.3 Å². The van der Waals surface area contributed by atoms with Crippen LogP contribution >= 0.6 is 11.3 Å². The van der Waals surface area contributed by atoms with E-state index in [0.29, 0.717) is 10.9 Å². The SMILES string of the molecule is CCc1sc(NC(=O)COc2ccccc2)nc1-c1ccccc1. The first-order valence-corrected chi connectivity index (χ1v) is 8.60. The van der Waals surface area contributed by atoms with Crippen LogP contribution in [0.25, 0.3) is 11.3 Å². The normalized spacial score (nSPS) is 10.4. The zero-order chi connectivity index (χ0) is 16.8. The fourth-order valence-electron chi connectivity index (χ4n) is 2.29. The van der Waals surface area contributed by atoms with E-state index in [4.69, 9.17) is 4.74 Å². The number of hydrogen-bond donors (Lipinski definition) is 1. The lowest BCUT2D eigenvalue weighted by atomic mass is 10.1. The Morgan fingerprint density at radius 1 is 1.08 bits per heavy atom. The smallest absolute Gasteiger partial charge is 0.264 e. The third-order valence-corrected chi connectivity index (χ3v) is 4.54. The molecular weight excluding hydrogens is 320 g/mol. The van der Waals surface area contributed by atoms with E-state index in [1.54, 1.807) is 0 Å². The monoisotopic (exact) mass is 338 g/mol. The third-order valence-electron chi connectivity index (χ3n) is 3.43. The predicted octanol–water partition coefficient (Wildman–Crippen LogP) is 4.39. The van der Waals surface area contributed by atoms with Gasteiger partial charge in [0, 0.05) is 10.4 Å². The maximum Gasteiger partial charge on any atom is 0.264 e. The van der Waals surface area contributed by atoms with Crippen molar-refractivity contribution in [3.63, 3.8) is 0 Å². The Morgan fingerprint density at radius 2 is 1.75 bits per heavy atom. The maximum absolute atomic E-state index is 12.1. The number of hydrogen-bond acceptors (Lipinski definition) is 4. The molecule has 0 aliphatic carbocycles. The molecular formula is C19H18N2O2S. The molecule has 1 N–H and O–H groups in total. The number of benzene rings is 2. The molecule has 1 aromatic heterocycles. The molecule has 1 heterocycles. The summed E-state index contributed by atoms with van der Waals surface area (Å²) < 4.78 is 5.45. The van der Waals surface area contributed by atoms with Gasteiger partial charge in [0.1, 0.15) is 5.75 Å². The molecule has 2 aromatic carbocycles. The van der Waals surface area contributed by atoms with E-state index >= 15 is 0 Å². The van der Waals surface area contributed by atoms with Gasteiger partial charge in [-0.3, -0.25) is 10.1 Å². The van der Waals surface area contributed by atoms with Crippen molar-refractivity contribution in [2.75, 3.05) is 11.9 Å². The van der Waals surface area contributed by atoms with Crippen LogP contribution in [0.1, 0.15) is 11.8 Å². The number of aryl methyl sites for hydroxylation is 1. The fraction of sp³-hybridized carbons (Fsp3) is 0.158. The van der Waals surface area contributed by atoms with Crippen molar-refractivity contribution in [1.82, 2.24) is 4.98 Å². The molecule has 3 aromatic rings. The van der Waals surface area contributed by atoms with Crippen LogP contribution in [0.5, 0.6) is 5.75 Å². The maximum atomic E-state index is 12.1. The summed E-state index contributed by atoms with van der Waals surface area (Å²) in [5, 5.41) is 3.42. The topological polar surface area (TPSA) is 51.2 Å². The number of thiazole rings is 1. The largest absolute Gasteiger partial charge is 0.484 e. The second kappa shape index (κ2) is 7.75. The van der Waals surface area contributed by atoms with E-state index in [9.17, 15) is 4.79 Å². The molecule has 0 spiro atoms. The molecule has 0 aliphatic heterocycles. The van der Waals surface area contributed by atoms with Crippen molar-refractivity contribution in [2.45, 2.75) is 13.3 Å². The Kier molecular flexibility index (Phi) is 5.23. The number of ether oxygens (including phenoxy) is 1. The van der Waals surface area contributed by atoms with E-state index < -0.39 is 0 Å². The second-order valence-corrected chi connectivity index (χ2v) is 6.24. The third kappa shape index (κ3) is 4.00. The van der Waals surface area contributed by atoms with Gasteiger partial charge in [-0.2, -0.15) is 0 Å². The summed E-state index contributed by atoms with van der Waals surface area (Å²) in [4.78, 5) is 17.8. The lowest BCUT2D eigenvalue weighted by Gasteiger charge is -2.05.